The molecule has 3 atom stereocenters. The standard InChI is InChI=1S/C16H28O2S/c1-2-6-12-9-10-14(16(17)18)15(11-12)19-13-7-4-3-5-8-13/h12-15H,2-11H2,1H3,(H,17,18). The second kappa shape index (κ2) is 7.56. The number of aliphatic carboxylic acids is 1. The minimum atomic E-state index is -0.553. The van der Waals surface area contributed by atoms with Crippen molar-refractivity contribution >= 4 is 17.7 Å². The molecule has 0 aromatic rings. The average molecular weight is 284 g/mol. The summed E-state index contributed by atoms with van der Waals surface area (Å²) in [5, 5.41) is 10.6. The number of carbonyl (C=O) groups is 1. The minimum Gasteiger partial charge on any atom is -0.481 e. The maximum atomic E-state index is 11.5. The zero-order valence-electron chi connectivity index (χ0n) is 12.1. The summed E-state index contributed by atoms with van der Waals surface area (Å²) in [4.78, 5) is 11.5. The molecule has 2 rings (SSSR count). The Labute approximate surface area is 121 Å². The maximum absolute atomic E-state index is 11.5. The molecular weight excluding hydrogens is 256 g/mol. The zero-order chi connectivity index (χ0) is 13.7. The van der Waals surface area contributed by atoms with E-state index < -0.39 is 5.97 Å². The van der Waals surface area contributed by atoms with Crippen LogP contribution in [0.5, 0.6) is 0 Å². The lowest BCUT2D eigenvalue weighted by atomic mass is 9.79. The van der Waals surface area contributed by atoms with Crippen LogP contribution in [0, 0.1) is 11.8 Å². The lowest BCUT2D eigenvalue weighted by Crippen LogP contribution is -2.34. The van der Waals surface area contributed by atoms with Crippen molar-refractivity contribution in [2.45, 2.75) is 81.6 Å². The summed E-state index contributed by atoms with van der Waals surface area (Å²) in [6.45, 7) is 2.24. The van der Waals surface area contributed by atoms with Crippen molar-refractivity contribution in [3.8, 4) is 0 Å². The molecule has 3 unspecified atom stereocenters. The van der Waals surface area contributed by atoms with Gasteiger partial charge in [0.2, 0.25) is 0 Å². The van der Waals surface area contributed by atoms with E-state index in [9.17, 15) is 9.90 Å². The van der Waals surface area contributed by atoms with E-state index in [4.69, 9.17) is 0 Å². The van der Waals surface area contributed by atoms with E-state index in [2.05, 4.69) is 6.92 Å². The fraction of sp³-hybridized carbons (Fsp3) is 0.938. The first-order chi connectivity index (χ1) is 9.20. The summed E-state index contributed by atoms with van der Waals surface area (Å²) < 4.78 is 0. The lowest BCUT2D eigenvalue weighted by Gasteiger charge is -2.36. The van der Waals surface area contributed by atoms with Crippen LogP contribution in [0.4, 0.5) is 0 Å². The molecule has 2 fully saturated rings. The molecule has 2 aliphatic carbocycles. The van der Waals surface area contributed by atoms with Gasteiger partial charge in [-0.15, -0.1) is 0 Å². The van der Waals surface area contributed by atoms with Gasteiger partial charge < -0.3 is 5.11 Å². The first-order valence-electron chi connectivity index (χ1n) is 8.09. The predicted octanol–water partition coefficient (Wildman–Crippen LogP) is 4.72. The third kappa shape index (κ3) is 4.40. The molecule has 0 aromatic heterocycles. The molecule has 2 nitrogen and oxygen atoms in total. The highest BCUT2D eigenvalue weighted by Crippen LogP contribution is 2.42. The van der Waals surface area contributed by atoms with E-state index in [1.807, 2.05) is 11.8 Å². The Bertz CT molecular complexity index is 286. The Morgan fingerprint density at radius 1 is 1.16 bits per heavy atom. The molecule has 0 saturated heterocycles. The summed E-state index contributed by atoms with van der Waals surface area (Å²) in [6, 6.07) is 0. The summed E-state index contributed by atoms with van der Waals surface area (Å²) >= 11 is 2.03. The van der Waals surface area contributed by atoms with Crippen molar-refractivity contribution in [1.29, 1.82) is 0 Å². The van der Waals surface area contributed by atoms with Gasteiger partial charge in [0.1, 0.15) is 0 Å². The molecule has 0 spiro atoms. The highest BCUT2D eigenvalue weighted by molar-refractivity contribution is 8.00. The molecule has 1 N–H and O–H groups in total. The Morgan fingerprint density at radius 3 is 2.53 bits per heavy atom. The highest BCUT2D eigenvalue weighted by atomic mass is 32.2. The molecule has 2 saturated carbocycles. The summed E-state index contributed by atoms with van der Waals surface area (Å²) in [6.07, 6.45) is 12.4. The molecule has 0 heterocycles. The number of thioether (sulfide) groups is 1. The van der Waals surface area contributed by atoms with Crippen LogP contribution >= 0.6 is 11.8 Å². The molecule has 0 radical (unpaired) electrons. The number of hydrogen-bond donors (Lipinski definition) is 1. The third-order valence-corrected chi connectivity index (χ3v) is 6.56. The number of hydrogen-bond acceptors (Lipinski definition) is 2. The second-order valence-corrected chi connectivity index (χ2v) is 7.89. The van der Waals surface area contributed by atoms with Crippen LogP contribution in [0.15, 0.2) is 0 Å². The summed E-state index contributed by atoms with van der Waals surface area (Å²) in [5.41, 5.74) is 0. The smallest absolute Gasteiger partial charge is 0.307 e. The predicted molar refractivity (Wildman–Crippen MR) is 81.6 cm³/mol. The van der Waals surface area contributed by atoms with E-state index in [0.29, 0.717) is 5.25 Å². The SMILES string of the molecule is CCCC1CCC(C(=O)O)C(SC2CCCCC2)C1. The molecular formula is C16H28O2S. The monoisotopic (exact) mass is 284 g/mol. The van der Waals surface area contributed by atoms with Gasteiger partial charge in [-0.05, 0) is 38.0 Å². The largest absolute Gasteiger partial charge is 0.481 e. The summed E-state index contributed by atoms with van der Waals surface area (Å²) in [7, 11) is 0. The van der Waals surface area contributed by atoms with E-state index in [-0.39, 0.29) is 5.92 Å². The maximum Gasteiger partial charge on any atom is 0.307 e. The Balaban J connectivity index is 1.92. The molecule has 19 heavy (non-hydrogen) atoms. The van der Waals surface area contributed by atoms with Gasteiger partial charge in [-0.3, -0.25) is 4.79 Å². The van der Waals surface area contributed by atoms with Gasteiger partial charge in [-0.25, -0.2) is 0 Å². The highest BCUT2D eigenvalue weighted by Gasteiger charge is 2.36. The Morgan fingerprint density at radius 2 is 1.89 bits per heavy atom. The van der Waals surface area contributed by atoms with E-state index in [0.717, 1.165) is 30.4 Å². The van der Waals surface area contributed by atoms with Gasteiger partial charge in [0.15, 0.2) is 0 Å². The van der Waals surface area contributed by atoms with Crippen molar-refractivity contribution < 1.29 is 9.90 Å². The van der Waals surface area contributed by atoms with Crippen molar-refractivity contribution in [2.24, 2.45) is 11.8 Å². The molecule has 0 aromatic carbocycles. The third-order valence-electron chi connectivity index (χ3n) is 4.83. The van der Waals surface area contributed by atoms with Crippen molar-refractivity contribution in [3.05, 3.63) is 0 Å². The van der Waals surface area contributed by atoms with E-state index in [1.54, 1.807) is 0 Å². The van der Waals surface area contributed by atoms with Gasteiger partial charge in [0.25, 0.3) is 0 Å². The Hall–Kier alpha value is -0.180. The van der Waals surface area contributed by atoms with E-state index >= 15 is 0 Å². The van der Waals surface area contributed by atoms with Crippen LogP contribution in [-0.4, -0.2) is 21.6 Å². The van der Waals surface area contributed by atoms with Crippen LogP contribution in [-0.2, 0) is 4.79 Å². The van der Waals surface area contributed by atoms with Crippen LogP contribution in [0.2, 0.25) is 0 Å². The van der Waals surface area contributed by atoms with Crippen molar-refractivity contribution in [2.75, 3.05) is 0 Å². The zero-order valence-corrected chi connectivity index (χ0v) is 13.0. The Kier molecular flexibility index (Phi) is 6.06. The second-order valence-electron chi connectivity index (χ2n) is 6.35. The van der Waals surface area contributed by atoms with Gasteiger partial charge in [0.05, 0.1) is 5.92 Å². The molecule has 0 amide bonds. The quantitative estimate of drug-likeness (QED) is 0.793. The number of rotatable bonds is 5. The first-order valence-corrected chi connectivity index (χ1v) is 9.03. The van der Waals surface area contributed by atoms with Gasteiger partial charge in [-0.1, -0.05) is 39.0 Å². The molecule has 2 aliphatic rings. The molecule has 0 aliphatic heterocycles. The topological polar surface area (TPSA) is 37.3 Å². The fourth-order valence-electron chi connectivity index (χ4n) is 3.76. The van der Waals surface area contributed by atoms with E-state index in [1.165, 1.54) is 44.9 Å². The van der Waals surface area contributed by atoms with Gasteiger partial charge >= 0.3 is 5.97 Å². The minimum absolute atomic E-state index is 0.0833. The van der Waals surface area contributed by atoms with Crippen LogP contribution in [0.1, 0.15) is 71.1 Å². The molecule has 3 heteroatoms. The van der Waals surface area contributed by atoms with Gasteiger partial charge in [0, 0.05) is 10.5 Å². The van der Waals surface area contributed by atoms with Crippen LogP contribution in [0.3, 0.4) is 0 Å². The molecule has 0 bridgehead atoms. The van der Waals surface area contributed by atoms with Crippen molar-refractivity contribution in [3.63, 3.8) is 0 Å². The van der Waals surface area contributed by atoms with Crippen LogP contribution < -0.4 is 0 Å². The number of carboxylic acid groups (broad SMARTS) is 1. The first kappa shape index (κ1) is 15.2. The molecule has 110 valence electrons. The van der Waals surface area contributed by atoms with Crippen LogP contribution in [0.25, 0.3) is 0 Å². The normalized spacial score (nSPS) is 33.2. The van der Waals surface area contributed by atoms with Crippen molar-refractivity contribution in [1.82, 2.24) is 0 Å². The summed E-state index contributed by atoms with van der Waals surface area (Å²) in [5.74, 6) is 0.144. The fourth-order valence-corrected chi connectivity index (χ4v) is 5.69. The lowest BCUT2D eigenvalue weighted by molar-refractivity contribution is -0.142. The average Bonchev–Trinajstić information content (AvgIpc) is 2.40. The number of carboxylic acids is 1. The van der Waals surface area contributed by atoms with Gasteiger partial charge in [-0.2, -0.15) is 11.8 Å².